The molecule has 0 saturated heterocycles. The molecule has 0 heterocycles. The molecule has 0 radical (unpaired) electrons. The van der Waals surface area contributed by atoms with Gasteiger partial charge < -0.3 is 9.84 Å². The van der Waals surface area contributed by atoms with Crippen LogP contribution in [0.1, 0.15) is 24.8 Å². The summed E-state index contributed by atoms with van der Waals surface area (Å²) in [6.07, 6.45) is 3.34. The highest BCUT2D eigenvalue weighted by molar-refractivity contribution is 7.89. The van der Waals surface area contributed by atoms with Gasteiger partial charge in [-0.2, -0.15) is 0 Å². The molecule has 0 amide bonds. The Bertz CT molecular complexity index is 654. The Balaban J connectivity index is 2.21. The third-order valence-corrected chi connectivity index (χ3v) is 4.99. The minimum absolute atomic E-state index is 0.157. The van der Waals surface area contributed by atoms with E-state index in [4.69, 9.17) is 9.84 Å². The average Bonchev–Trinajstić information content (AvgIpc) is 2.42. The Labute approximate surface area is 125 Å². The molecule has 1 aromatic rings. The molecule has 1 saturated carbocycles. The van der Waals surface area contributed by atoms with Crippen LogP contribution in [0.2, 0.25) is 0 Å². The lowest BCUT2D eigenvalue weighted by molar-refractivity contribution is 0.316. The Morgan fingerprint density at radius 2 is 2.19 bits per heavy atom. The fourth-order valence-corrected chi connectivity index (χ4v) is 3.24. The summed E-state index contributed by atoms with van der Waals surface area (Å²) < 4.78 is 32.3. The van der Waals surface area contributed by atoms with Crippen LogP contribution in [-0.2, 0) is 10.0 Å². The number of hydrogen-bond donors (Lipinski definition) is 2. The van der Waals surface area contributed by atoms with Gasteiger partial charge in [-0.1, -0.05) is 18.3 Å². The summed E-state index contributed by atoms with van der Waals surface area (Å²) in [6, 6.07) is 4.52. The van der Waals surface area contributed by atoms with E-state index < -0.39 is 10.0 Å². The number of aliphatic hydroxyl groups is 1. The van der Waals surface area contributed by atoms with Crippen molar-refractivity contribution in [3.05, 3.63) is 23.8 Å². The van der Waals surface area contributed by atoms with Crippen LogP contribution in [-0.4, -0.2) is 33.8 Å². The summed E-state index contributed by atoms with van der Waals surface area (Å²) in [6.45, 7) is 0.187. The standard InChI is InChI=1S/C15H19NO4S/c1-20-15-8-7-14(10-13(15)6-3-9-17)21(18,19)16-11-12-4-2-5-12/h7-8,10,12,16-17H,2,4-5,9,11H2,1H3. The van der Waals surface area contributed by atoms with Crippen molar-refractivity contribution in [2.45, 2.75) is 24.2 Å². The molecule has 0 aromatic heterocycles. The maximum atomic E-state index is 12.3. The Morgan fingerprint density at radius 1 is 1.43 bits per heavy atom. The fourth-order valence-electron chi connectivity index (χ4n) is 2.09. The highest BCUT2D eigenvalue weighted by Crippen LogP contribution is 2.26. The quantitative estimate of drug-likeness (QED) is 0.799. The first-order chi connectivity index (χ1) is 10.1. The van der Waals surface area contributed by atoms with Crippen LogP contribution in [0, 0.1) is 17.8 Å². The third-order valence-electron chi connectivity index (χ3n) is 3.57. The van der Waals surface area contributed by atoms with Crippen LogP contribution in [0.3, 0.4) is 0 Å². The summed E-state index contributed by atoms with van der Waals surface area (Å²) in [5, 5.41) is 8.75. The second kappa shape index (κ2) is 6.94. The molecule has 1 aliphatic rings. The summed E-state index contributed by atoms with van der Waals surface area (Å²) in [7, 11) is -2.05. The van der Waals surface area contributed by atoms with Gasteiger partial charge in [0.25, 0.3) is 0 Å². The maximum absolute atomic E-state index is 12.3. The van der Waals surface area contributed by atoms with Gasteiger partial charge in [-0.3, -0.25) is 0 Å². The topological polar surface area (TPSA) is 75.6 Å². The number of aliphatic hydroxyl groups excluding tert-OH is 1. The minimum atomic E-state index is -3.54. The molecule has 0 atom stereocenters. The lowest BCUT2D eigenvalue weighted by atomic mass is 9.86. The van der Waals surface area contributed by atoms with E-state index in [-0.39, 0.29) is 11.5 Å². The van der Waals surface area contributed by atoms with Crippen molar-refractivity contribution in [1.29, 1.82) is 0 Å². The highest BCUT2D eigenvalue weighted by atomic mass is 32.2. The molecule has 114 valence electrons. The number of benzene rings is 1. The van der Waals surface area contributed by atoms with Crippen molar-refractivity contribution in [3.8, 4) is 17.6 Å². The zero-order chi connectivity index (χ0) is 15.3. The molecule has 0 spiro atoms. The predicted octanol–water partition coefficient (Wildman–Crippen LogP) is 1.12. The Kier molecular flexibility index (Phi) is 5.23. The van der Waals surface area contributed by atoms with Crippen molar-refractivity contribution < 1.29 is 18.3 Å². The van der Waals surface area contributed by atoms with E-state index in [1.165, 1.54) is 25.7 Å². The number of hydrogen-bond acceptors (Lipinski definition) is 4. The first kappa shape index (κ1) is 15.8. The molecule has 5 nitrogen and oxygen atoms in total. The van der Waals surface area contributed by atoms with Crippen LogP contribution >= 0.6 is 0 Å². The van der Waals surface area contributed by atoms with Crippen molar-refractivity contribution in [2.75, 3.05) is 20.3 Å². The van der Waals surface area contributed by atoms with Gasteiger partial charge in [0.2, 0.25) is 10.0 Å². The average molecular weight is 309 g/mol. The largest absolute Gasteiger partial charge is 0.495 e. The van der Waals surface area contributed by atoms with Crippen LogP contribution in [0.25, 0.3) is 0 Å². The van der Waals surface area contributed by atoms with Gasteiger partial charge in [0.05, 0.1) is 17.6 Å². The SMILES string of the molecule is COc1ccc(S(=O)(=O)NCC2CCC2)cc1C#CCO. The van der Waals surface area contributed by atoms with Crippen LogP contribution in [0.4, 0.5) is 0 Å². The van der Waals surface area contributed by atoms with Crippen molar-refractivity contribution >= 4 is 10.0 Å². The van der Waals surface area contributed by atoms with Crippen LogP contribution in [0.5, 0.6) is 5.75 Å². The van der Waals surface area contributed by atoms with Crippen molar-refractivity contribution in [3.63, 3.8) is 0 Å². The Morgan fingerprint density at radius 3 is 2.76 bits per heavy atom. The van der Waals surface area contributed by atoms with Gasteiger partial charge in [0.15, 0.2) is 0 Å². The minimum Gasteiger partial charge on any atom is -0.495 e. The second-order valence-corrected chi connectivity index (χ2v) is 6.74. The summed E-state index contributed by atoms with van der Waals surface area (Å²) >= 11 is 0. The number of nitrogens with one attached hydrogen (secondary N) is 1. The Hall–Kier alpha value is -1.55. The molecule has 0 unspecified atom stereocenters. The zero-order valence-corrected chi connectivity index (χ0v) is 12.7. The van der Waals surface area contributed by atoms with E-state index in [1.54, 1.807) is 6.07 Å². The van der Waals surface area contributed by atoms with E-state index in [1.807, 2.05) is 0 Å². The monoisotopic (exact) mass is 309 g/mol. The molecule has 1 aliphatic carbocycles. The van der Waals surface area contributed by atoms with Crippen molar-refractivity contribution in [2.24, 2.45) is 5.92 Å². The van der Waals surface area contributed by atoms with Gasteiger partial charge >= 0.3 is 0 Å². The molecule has 6 heteroatoms. The fraction of sp³-hybridized carbons (Fsp3) is 0.467. The molecule has 0 aliphatic heterocycles. The smallest absolute Gasteiger partial charge is 0.240 e. The van der Waals surface area contributed by atoms with E-state index >= 15 is 0 Å². The molecular formula is C15H19NO4S. The molecule has 1 fully saturated rings. The normalized spacial score (nSPS) is 15.0. The van der Waals surface area contributed by atoms with E-state index in [0.717, 1.165) is 12.8 Å². The predicted molar refractivity (Wildman–Crippen MR) is 79.5 cm³/mol. The van der Waals surface area contributed by atoms with E-state index in [2.05, 4.69) is 16.6 Å². The lowest BCUT2D eigenvalue weighted by Crippen LogP contribution is -2.32. The number of sulfonamides is 1. The van der Waals surface area contributed by atoms with Crippen LogP contribution < -0.4 is 9.46 Å². The number of rotatable bonds is 5. The molecule has 2 N–H and O–H groups in total. The molecule has 2 rings (SSSR count). The zero-order valence-electron chi connectivity index (χ0n) is 11.9. The summed E-state index contributed by atoms with van der Waals surface area (Å²) in [4.78, 5) is 0.157. The molecule has 1 aromatic carbocycles. The summed E-state index contributed by atoms with van der Waals surface area (Å²) in [5.41, 5.74) is 0.443. The first-order valence-corrected chi connectivity index (χ1v) is 8.32. The first-order valence-electron chi connectivity index (χ1n) is 6.84. The molecule has 21 heavy (non-hydrogen) atoms. The third kappa shape index (κ3) is 3.97. The lowest BCUT2D eigenvalue weighted by Gasteiger charge is -2.25. The van der Waals surface area contributed by atoms with E-state index in [9.17, 15) is 8.42 Å². The second-order valence-electron chi connectivity index (χ2n) is 4.97. The van der Waals surface area contributed by atoms with Crippen LogP contribution in [0.15, 0.2) is 23.1 Å². The van der Waals surface area contributed by atoms with E-state index in [0.29, 0.717) is 23.8 Å². The maximum Gasteiger partial charge on any atom is 0.240 e. The number of ether oxygens (including phenoxy) is 1. The van der Waals surface area contributed by atoms with Gasteiger partial charge in [-0.25, -0.2) is 13.1 Å². The number of methoxy groups -OCH3 is 1. The molecule has 0 bridgehead atoms. The van der Waals surface area contributed by atoms with Crippen molar-refractivity contribution in [1.82, 2.24) is 4.72 Å². The molecular weight excluding hydrogens is 290 g/mol. The van der Waals surface area contributed by atoms with Gasteiger partial charge in [0, 0.05) is 6.54 Å². The summed E-state index contributed by atoms with van der Waals surface area (Å²) in [5.74, 6) is 6.12. The highest BCUT2D eigenvalue weighted by Gasteiger charge is 2.21. The van der Waals surface area contributed by atoms with Gasteiger partial charge in [0.1, 0.15) is 12.4 Å². The van der Waals surface area contributed by atoms with Gasteiger partial charge in [-0.05, 0) is 37.0 Å². The van der Waals surface area contributed by atoms with Gasteiger partial charge in [-0.15, -0.1) is 0 Å².